The number of amides is 1. The maximum absolute atomic E-state index is 12.5. The highest BCUT2D eigenvalue weighted by molar-refractivity contribution is 8.03. The molecule has 1 aliphatic heterocycles. The highest BCUT2D eigenvalue weighted by Gasteiger charge is 2.40. The maximum atomic E-state index is 12.5. The Morgan fingerprint density at radius 3 is 2.31 bits per heavy atom. The van der Waals surface area contributed by atoms with Crippen molar-refractivity contribution in [3.05, 3.63) is 82.5 Å². The van der Waals surface area contributed by atoms with E-state index in [1.165, 1.54) is 11.8 Å². The van der Waals surface area contributed by atoms with Crippen LogP contribution in [-0.4, -0.2) is 17.0 Å². The van der Waals surface area contributed by atoms with Gasteiger partial charge in [-0.2, -0.15) is 0 Å². The van der Waals surface area contributed by atoms with Crippen molar-refractivity contribution in [1.29, 1.82) is 0 Å². The Morgan fingerprint density at radius 2 is 1.69 bits per heavy atom. The van der Waals surface area contributed by atoms with Gasteiger partial charge in [0.2, 0.25) is 5.91 Å². The van der Waals surface area contributed by atoms with E-state index in [-0.39, 0.29) is 17.1 Å². The van der Waals surface area contributed by atoms with E-state index < -0.39 is 23.9 Å². The number of ether oxygens (including phenoxy) is 1. The molecule has 0 bridgehead atoms. The van der Waals surface area contributed by atoms with Gasteiger partial charge in [-0.15, -0.1) is 11.8 Å². The number of carbonyl (C=O) groups is 2. The Hall–Kier alpha value is -2.73. The lowest BCUT2D eigenvalue weighted by atomic mass is 9.89. The third-order valence-corrected chi connectivity index (χ3v) is 5.29. The monoisotopic (exact) mass is 369 g/mol. The van der Waals surface area contributed by atoms with Crippen LogP contribution >= 0.6 is 11.8 Å². The zero-order chi connectivity index (χ0) is 18.5. The molecule has 2 atom stereocenters. The number of benzene rings is 2. The topological polar surface area (TPSA) is 89.6 Å². The van der Waals surface area contributed by atoms with E-state index in [1.54, 1.807) is 12.1 Å². The summed E-state index contributed by atoms with van der Waals surface area (Å²) < 4.78 is 5.57. The smallest absolute Gasteiger partial charge is 0.348 e. The summed E-state index contributed by atoms with van der Waals surface area (Å²) in [5.74, 6) is -1.46. The second kappa shape index (κ2) is 8.10. The predicted octanol–water partition coefficient (Wildman–Crippen LogP) is 3.48. The molecule has 26 heavy (non-hydrogen) atoms. The van der Waals surface area contributed by atoms with Crippen LogP contribution in [-0.2, 0) is 20.1 Å². The lowest BCUT2D eigenvalue weighted by Crippen LogP contribution is -2.32. The molecule has 0 aromatic heterocycles. The number of aliphatic hydroxyl groups excluding tert-OH is 1. The predicted molar refractivity (Wildman–Crippen MR) is 100.0 cm³/mol. The van der Waals surface area contributed by atoms with Crippen LogP contribution in [0.15, 0.2) is 71.3 Å². The number of carbonyl (C=O) groups excluding carboxylic acids is 2. The number of esters is 1. The van der Waals surface area contributed by atoms with Crippen LogP contribution in [0.4, 0.5) is 0 Å². The molecule has 3 N–H and O–H groups in total. The van der Waals surface area contributed by atoms with Gasteiger partial charge in [0.15, 0.2) is 0 Å². The zero-order valence-corrected chi connectivity index (χ0v) is 14.8. The minimum Gasteiger partial charge on any atom is -0.510 e. The van der Waals surface area contributed by atoms with Crippen LogP contribution < -0.4 is 5.73 Å². The molecule has 0 saturated heterocycles. The molecule has 2 aromatic carbocycles. The van der Waals surface area contributed by atoms with Crippen molar-refractivity contribution in [1.82, 2.24) is 0 Å². The number of primary amides is 1. The molecule has 1 amide bonds. The molecule has 0 radical (unpaired) electrons. The highest BCUT2D eigenvalue weighted by atomic mass is 32.2. The molecule has 3 rings (SSSR count). The van der Waals surface area contributed by atoms with Crippen molar-refractivity contribution in [2.75, 3.05) is 0 Å². The van der Waals surface area contributed by atoms with Gasteiger partial charge in [-0.1, -0.05) is 60.7 Å². The fourth-order valence-electron chi connectivity index (χ4n) is 2.89. The minimum absolute atomic E-state index is 0.103. The van der Waals surface area contributed by atoms with Gasteiger partial charge in [-0.05, 0) is 11.1 Å². The Morgan fingerprint density at radius 1 is 1.08 bits per heavy atom. The molecule has 5 nitrogen and oxygen atoms in total. The van der Waals surface area contributed by atoms with Crippen molar-refractivity contribution in [2.24, 2.45) is 11.7 Å². The second-order valence-electron chi connectivity index (χ2n) is 6.00. The Bertz CT molecular complexity index is 820. The minimum atomic E-state index is -0.739. The lowest BCUT2D eigenvalue weighted by molar-refractivity contribution is -0.150. The van der Waals surface area contributed by atoms with Crippen molar-refractivity contribution in [3.8, 4) is 0 Å². The average molecular weight is 369 g/mol. The van der Waals surface area contributed by atoms with Crippen LogP contribution in [0.5, 0.6) is 0 Å². The molecule has 1 aliphatic rings. The zero-order valence-electron chi connectivity index (χ0n) is 14.0. The van der Waals surface area contributed by atoms with Gasteiger partial charge in [0.25, 0.3) is 0 Å². The van der Waals surface area contributed by atoms with E-state index in [1.807, 2.05) is 48.5 Å². The summed E-state index contributed by atoms with van der Waals surface area (Å²) >= 11 is 1.20. The first-order valence-corrected chi connectivity index (χ1v) is 9.19. The fourth-order valence-corrected chi connectivity index (χ4v) is 3.86. The number of aliphatic hydroxyl groups is 1. The summed E-state index contributed by atoms with van der Waals surface area (Å²) in [6.07, 6.45) is -0.842. The van der Waals surface area contributed by atoms with E-state index >= 15 is 0 Å². The van der Waals surface area contributed by atoms with Crippen molar-refractivity contribution >= 4 is 23.6 Å². The summed E-state index contributed by atoms with van der Waals surface area (Å²) in [7, 11) is 0. The van der Waals surface area contributed by atoms with Crippen molar-refractivity contribution in [3.63, 3.8) is 0 Å². The Balaban J connectivity index is 1.88. The summed E-state index contributed by atoms with van der Waals surface area (Å²) in [6.45, 7) is 0. The normalized spacial score (nSPS) is 19.9. The van der Waals surface area contributed by atoms with Gasteiger partial charge in [0.1, 0.15) is 16.8 Å². The molecular formula is C20H19NO4S. The Labute approximate surface area is 155 Å². The molecule has 0 saturated carbocycles. The average Bonchev–Trinajstić information content (AvgIpc) is 2.65. The van der Waals surface area contributed by atoms with Gasteiger partial charge >= 0.3 is 5.97 Å². The van der Waals surface area contributed by atoms with Crippen LogP contribution in [0.1, 0.15) is 23.7 Å². The van der Waals surface area contributed by atoms with E-state index in [9.17, 15) is 14.7 Å². The van der Waals surface area contributed by atoms with Gasteiger partial charge in [0, 0.05) is 12.2 Å². The molecule has 0 aliphatic carbocycles. The summed E-state index contributed by atoms with van der Waals surface area (Å²) in [5.41, 5.74) is 7.08. The summed E-state index contributed by atoms with van der Waals surface area (Å²) in [4.78, 5) is 24.1. The molecule has 0 fully saturated rings. The van der Waals surface area contributed by atoms with E-state index in [0.717, 1.165) is 5.56 Å². The van der Waals surface area contributed by atoms with Crippen LogP contribution in [0.3, 0.4) is 0 Å². The first-order chi connectivity index (χ1) is 12.6. The Kier molecular flexibility index (Phi) is 5.63. The van der Waals surface area contributed by atoms with E-state index in [2.05, 4.69) is 0 Å². The van der Waals surface area contributed by atoms with Gasteiger partial charge in [-0.3, -0.25) is 4.79 Å². The van der Waals surface area contributed by atoms with Crippen molar-refractivity contribution in [2.45, 2.75) is 18.3 Å². The number of cyclic esters (lactones) is 1. The molecule has 2 unspecified atom stereocenters. The van der Waals surface area contributed by atoms with E-state index in [0.29, 0.717) is 11.3 Å². The maximum Gasteiger partial charge on any atom is 0.348 e. The molecule has 2 aromatic rings. The summed E-state index contributed by atoms with van der Waals surface area (Å²) in [5, 5.41) is 10.7. The third-order valence-electron chi connectivity index (χ3n) is 4.14. The molecule has 6 heteroatoms. The molecular weight excluding hydrogens is 350 g/mol. The number of hydrogen-bond donors (Lipinski definition) is 2. The SMILES string of the molecule is NC(=O)CC1C(O)=C(SCc2ccccc2)C(=O)OC1c1ccccc1. The number of rotatable bonds is 6. The highest BCUT2D eigenvalue weighted by Crippen LogP contribution is 2.42. The number of nitrogens with two attached hydrogens (primary N) is 1. The van der Waals surface area contributed by atoms with Gasteiger partial charge < -0.3 is 15.6 Å². The molecule has 134 valence electrons. The first-order valence-electron chi connectivity index (χ1n) is 8.20. The first kappa shape index (κ1) is 18.1. The van der Waals surface area contributed by atoms with Crippen molar-refractivity contribution < 1.29 is 19.4 Å². The van der Waals surface area contributed by atoms with E-state index in [4.69, 9.17) is 10.5 Å². The van der Waals surface area contributed by atoms with Crippen LogP contribution in [0.25, 0.3) is 0 Å². The third kappa shape index (κ3) is 4.08. The number of thioether (sulfide) groups is 1. The lowest BCUT2D eigenvalue weighted by Gasteiger charge is -2.31. The molecule has 1 heterocycles. The quantitative estimate of drug-likeness (QED) is 0.761. The van der Waals surface area contributed by atoms with Gasteiger partial charge in [0.05, 0.1) is 5.92 Å². The fraction of sp³-hybridized carbons (Fsp3) is 0.200. The van der Waals surface area contributed by atoms with Crippen LogP contribution in [0.2, 0.25) is 0 Å². The second-order valence-corrected chi connectivity index (χ2v) is 6.99. The number of hydrogen-bond acceptors (Lipinski definition) is 5. The molecule has 0 spiro atoms. The van der Waals surface area contributed by atoms with Gasteiger partial charge in [-0.25, -0.2) is 4.79 Å². The summed E-state index contributed by atoms with van der Waals surface area (Å²) in [6, 6.07) is 18.6. The largest absolute Gasteiger partial charge is 0.510 e. The standard InChI is InChI=1S/C20H19NO4S/c21-16(22)11-15-17(23)19(26-12-13-7-3-1-4-8-13)20(24)25-18(15)14-9-5-2-6-10-14/h1-10,15,18,23H,11-12H2,(H2,21,22). The van der Waals surface area contributed by atoms with Crippen LogP contribution in [0, 0.1) is 5.92 Å².